The van der Waals surface area contributed by atoms with Gasteiger partial charge >= 0.3 is 0 Å². The number of rotatable bonds is 1. The maximum absolute atomic E-state index is 12.8. The van der Waals surface area contributed by atoms with Crippen molar-refractivity contribution in [3.63, 3.8) is 0 Å². The molecule has 0 saturated carbocycles. The van der Waals surface area contributed by atoms with Gasteiger partial charge in [0.2, 0.25) is 0 Å². The summed E-state index contributed by atoms with van der Waals surface area (Å²) in [6.07, 6.45) is 0. The van der Waals surface area contributed by atoms with E-state index in [1.807, 2.05) is 0 Å². The van der Waals surface area contributed by atoms with Crippen molar-refractivity contribution in [3.05, 3.63) is 23.1 Å². The van der Waals surface area contributed by atoms with Gasteiger partial charge in [-0.25, -0.2) is 8.78 Å². The first-order chi connectivity index (χ1) is 5.95. The first-order valence-electron chi connectivity index (χ1n) is 3.05. The number of aromatic nitrogens is 1. The van der Waals surface area contributed by atoms with Gasteiger partial charge in [-0.05, 0) is 0 Å². The van der Waals surface area contributed by atoms with E-state index < -0.39 is 34.9 Å². The molecule has 4 N–H and O–H groups in total. The molecule has 1 aromatic rings. The highest BCUT2D eigenvalue weighted by molar-refractivity contribution is 5.94. The highest BCUT2D eigenvalue weighted by Gasteiger charge is 2.22. The number of nitrogens with zero attached hydrogens (tertiary/aromatic N) is 1. The highest BCUT2D eigenvalue weighted by Crippen LogP contribution is 2.17. The van der Waals surface area contributed by atoms with Crippen molar-refractivity contribution in [2.75, 3.05) is 5.73 Å². The number of halogens is 3. The summed E-state index contributed by atoms with van der Waals surface area (Å²) in [4.78, 5) is 13.1. The van der Waals surface area contributed by atoms with E-state index in [9.17, 15) is 18.0 Å². The maximum Gasteiger partial charge on any atom is 0.255 e. The Morgan fingerprint density at radius 3 is 2.23 bits per heavy atom. The summed E-state index contributed by atoms with van der Waals surface area (Å²) in [5, 5.41) is 0. The molecule has 0 spiro atoms. The number of primary amides is 1. The highest BCUT2D eigenvalue weighted by atomic mass is 19.2. The molecule has 0 fully saturated rings. The molecule has 0 unspecified atom stereocenters. The van der Waals surface area contributed by atoms with Gasteiger partial charge in [-0.1, -0.05) is 0 Å². The van der Waals surface area contributed by atoms with E-state index in [4.69, 9.17) is 5.73 Å². The monoisotopic (exact) mass is 191 g/mol. The number of carbonyl (C=O) groups excluding carboxylic acids is 1. The zero-order valence-corrected chi connectivity index (χ0v) is 6.14. The van der Waals surface area contributed by atoms with E-state index in [2.05, 4.69) is 10.7 Å². The molecule has 0 aromatic carbocycles. The van der Waals surface area contributed by atoms with Crippen LogP contribution in [0.25, 0.3) is 0 Å². The second kappa shape index (κ2) is 2.92. The van der Waals surface area contributed by atoms with Crippen molar-refractivity contribution in [1.82, 2.24) is 4.98 Å². The summed E-state index contributed by atoms with van der Waals surface area (Å²) in [6, 6.07) is 0. The number of nitrogens with two attached hydrogens (primary N) is 2. The maximum atomic E-state index is 12.8. The van der Waals surface area contributed by atoms with Crippen LogP contribution >= 0.6 is 0 Å². The smallest absolute Gasteiger partial charge is 0.255 e. The predicted molar refractivity (Wildman–Crippen MR) is 37.0 cm³/mol. The molecule has 0 saturated heterocycles. The minimum absolute atomic E-state index is 0.910. The van der Waals surface area contributed by atoms with Crippen LogP contribution in [0.5, 0.6) is 0 Å². The van der Waals surface area contributed by atoms with Crippen LogP contribution in [0.15, 0.2) is 0 Å². The lowest BCUT2D eigenvalue weighted by Crippen LogP contribution is -2.19. The third-order valence-corrected chi connectivity index (χ3v) is 1.31. The molecule has 4 nitrogen and oxygen atoms in total. The topological polar surface area (TPSA) is 82.0 Å². The number of hydrogen-bond donors (Lipinski definition) is 2. The standard InChI is InChI=1S/C6H4F3N3O/c7-2-1(6(11)13)3(8)5(10)12-4(2)9/h(H2,10,12)(H2,11,13). The Bertz CT molecular complexity index is 354. The van der Waals surface area contributed by atoms with E-state index in [1.165, 1.54) is 0 Å². The SMILES string of the molecule is NC(=O)c1c(F)c(N)nc(F)c1F. The Hall–Kier alpha value is -1.79. The Kier molecular flexibility index (Phi) is 2.09. The van der Waals surface area contributed by atoms with Gasteiger partial charge in [0, 0.05) is 0 Å². The molecule has 0 atom stereocenters. The van der Waals surface area contributed by atoms with E-state index in [0.29, 0.717) is 0 Å². The minimum Gasteiger partial charge on any atom is -0.381 e. The Morgan fingerprint density at radius 1 is 1.23 bits per heavy atom. The summed E-state index contributed by atoms with van der Waals surface area (Å²) in [5.41, 5.74) is 8.19. The molecular weight excluding hydrogens is 187 g/mol. The molecule has 1 rings (SSSR count). The zero-order chi connectivity index (χ0) is 10.2. The number of carbonyl (C=O) groups is 1. The molecule has 13 heavy (non-hydrogen) atoms. The lowest BCUT2D eigenvalue weighted by atomic mass is 10.2. The van der Waals surface area contributed by atoms with Crippen LogP contribution in [0.2, 0.25) is 0 Å². The fraction of sp³-hybridized carbons (Fsp3) is 0. The van der Waals surface area contributed by atoms with Gasteiger partial charge in [-0.15, -0.1) is 0 Å². The van der Waals surface area contributed by atoms with Crippen LogP contribution in [0.3, 0.4) is 0 Å². The second-order valence-corrected chi connectivity index (χ2v) is 2.16. The third kappa shape index (κ3) is 1.40. The van der Waals surface area contributed by atoms with Crippen molar-refractivity contribution in [3.8, 4) is 0 Å². The molecule has 1 aromatic heterocycles. The zero-order valence-electron chi connectivity index (χ0n) is 6.14. The Labute approximate surface area is 70.4 Å². The average molecular weight is 191 g/mol. The van der Waals surface area contributed by atoms with Crippen molar-refractivity contribution in [1.29, 1.82) is 0 Å². The first kappa shape index (κ1) is 9.30. The first-order valence-corrected chi connectivity index (χ1v) is 3.05. The van der Waals surface area contributed by atoms with Crippen LogP contribution in [-0.2, 0) is 0 Å². The fourth-order valence-electron chi connectivity index (χ4n) is 0.748. The van der Waals surface area contributed by atoms with Gasteiger partial charge in [0.05, 0.1) is 0 Å². The molecule has 1 heterocycles. The average Bonchev–Trinajstić information content (AvgIpc) is 2.01. The van der Waals surface area contributed by atoms with Gasteiger partial charge in [-0.3, -0.25) is 4.79 Å². The largest absolute Gasteiger partial charge is 0.381 e. The third-order valence-electron chi connectivity index (χ3n) is 1.31. The van der Waals surface area contributed by atoms with Crippen molar-refractivity contribution < 1.29 is 18.0 Å². The Balaban J connectivity index is 3.56. The number of pyridine rings is 1. The van der Waals surface area contributed by atoms with Crippen molar-refractivity contribution >= 4 is 11.7 Å². The summed E-state index contributed by atoms with van der Waals surface area (Å²) in [7, 11) is 0. The lowest BCUT2D eigenvalue weighted by molar-refractivity contribution is 0.0990. The molecular formula is C6H4F3N3O. The van der Waals surface area contributed by atoms with Crippen LogP contribution in [0.1, 0.15) is 10.4 Å². The van der Waals surface area contributed by atoms with Crippen molar-refractivity contribution in [2.24, 2.45) is 5.73 Å². The molecule has 0 aliphatic carbocycles. The van der Waals surface area contributed by atoms with Crippen molar-refractivity contribution in [2.45, 2.75) is 0 Å². The quantitative estimate of drug-likeness (QED) is 0.621. The fourth-order valence-corrected chi connectivity index (χ4v) is 0.748. The predicted octanol–water partition coefficient (Wildman–Crippen LogP) is 0.180. The van der Waals surface area contributed by atoms with E-state index in [0.717, 1.165) is 0 Å². The number of nitrogen functional groups attached to an aromatic ring is 1. The van der Waals surface area contributed by atoms with Crippen LogP contribution in [-0.4, -0.2) is 10.9 Å². The second-order valence-electron chi connectivity index (χ2n) is 2.16. The number of amides is 1. The van der Waals surface area contributed by atoms with Gasteiger partial charge in [0.25, 0.3) is 11.9 Å². The number of hydrogen-bond acceptors (Lipinski definition) is 3. The molecule has 1 amide bonds. The molecule has 0 aliphatic heterocycles. The minimum atomic E-state index is -1.74. The molecule has 0 bridgehead atoms. The molecule has 7 heteroatoms. The van der Waals surface area contributed by atoms with Gasteiger partial charge in [0.15, 0.2) is 17.5 Å². The molecule has 70 valence electrons. The van der Waals surface area contributed by atoms with Gasteiger partial charge in [-0.2, -0.15) is 9.37 Å². The number of anilines is 1. The van der Waals surface area contributed by atoms with E-state index in [1.54, 1.807) is 0 Å². The molecule has 0 radical (unpaired) electrons. The van der Waals surface area contributed by atoms with Gasteiger partial charge < -0.3 is 11.5 Å². The normalized spacial score (nSPS) is 10.1. The van der Waals surface area contributed by atoms with Crippen LogP contribution in [0, 0.1) is 17.6 Å². The van der Waals surface area contributed by atoms with Crippen LogP contribution in [0.4, 0.5) is 19.0 Å². The summed E-state index contributed by atoms with van der Waals surface area (Å²) < 4.78 is 37.9. The Morgan fingerprint density at radius 2 is 1.77 bits per heavy atom. The van der Waals surface area contributed by atoms with E-state index in [-0.39, 0.29) is 0 Å². The summed E-state index contributed by atoms with van der Waals surface area (Å²) >= 11 is 0. The van der Waals surface area contributed by atoms with E-state index >= 15 is 0 Å². The molecule has 0 aliphatic rings. The summed E-state index contributed by atoms with van der Waals surface area (Å²) in [5.74, 6) is -7.20. The lowest BCUT2D eigenvalue weighted by Gasteiger charge is -2.02. The van der Waals surface area contributed by atoms with Crippen LogP contribution < -0.4 is 11.5 Å². The van der Waals surface area contributed by atoms with Gasteiger partial charge in [0.1, 0.15) is 5.56 Å². The summed E-state index contributed by atoms with van der Waals surface area (Å²) in [6.45, 7) is 0.